The van der Waals surface area contributed by atoms with E-state index in [0.717, 1.165) is 102 Å². The lowest BCUT2D eigenvalue weighted by atomic mass is 10.0. The first-order valence-corrected chi connectivity index (χ1v) is 49.5. The Morgan fingerprint density at radius 2 is 0.422 bits per heavy atom. The molecule has 0 aliphatic heterocycles. The molecule has 2 unspecified atom stereocenters. The van der Waals surface area contributed by atoms with Gasteiger partial charge >= 0.3 is 39.5 Å². The highest BCUT2D eigenvalue weighted by Crippen LogP contribution is 2.45. The maximum atomic E-state index is 13.2. The molecule has 648 valence electrons. The third-order valence-electron chi connectivity index (χ3n) is 21.2. The van der Waals surface area contributed by atoms with E-state index in [1.54, 1.807) is 0 Å². The molecule has 0 heterocycles. The van der Waals surface area contributed by atoms with Gasteiger partial charge in [0.25, 0.3) is 0 Å². The first kappa shape index (κ1) is 107. The van der Waals surface area contributed by atoms with Gasteiger partial charge in [-0.15, -0.1) is 0 Å². The summed E-state index contributed by atoms with van der Waals surface area (Å²) in [5.74, 6) is -0.488. The summed E-state index contributed by atoms with van der Waals surface area (Å²) in [5.41, 5.74) is 0. The molecule has 0 bridgehead atoms. The Morgan fingerprint density at radius 3 is 0.624 bits per heavy atom. The van der Waals surface area contributed by atoms with Gasteiger partial charge in [0.2, 0.25) is 0 Å². The Hall–Kier alpha value is -1.94. The number of unbranched alkanes of at least 4 members (excludes halogenated alkanes) is 59. The number of ether oxygens (including phenoxy) is 4. The number of aliphatic hydroxyl groups excluding tert-OH is 1. The average Bonchev–Trinajstić information content (AvgIpc) is 0.898. The molecule has 17 nitrogen and oxygen atoms in total. The molecule has 0 spiro atoms. The molecule has 0 fully saturated rings. The second-order valence-electron chi connectivity index (χ2n) is 33.3. The van der Waals surface area contributed by atoms with Crippen LogP contribution >= 0.6 is 15.6 Å². The predicted molar refractivity (Wildman–Crippen MR) is 451 cm³/mol. The fourth-order valence-corrected chi connectivity index (χ4v) is 15.7. The fraction of sp³-hybridized carbons (Fsp3) is 0.956. The van der Waals surface area contributed by atoms with Gasteiger partial charge in [0.1, 0.15) is 19.3 Å². The van der Waals surface area contributed by atoms with E-state index in [2.05, 4.69) is 41.5 Å². The van der Waals surface area contributed by atoms with Crippen LogP contribution in [-0.4, -0.2) is 96.7 Å². The lowest BCUT2D eigenvalue weighted by Gasteiger charge is -2.21. The van der Waals surface area contributed by atoms with Crippen LogP contribution in [0.2, 0.25) is 0 Å². The van der Waals surface area contributed by atoms with Gasteiger partial charge in [0, 0.05) is 25.7 Å². The van der Waals surface area contributed by atoms with Gasteiger partial charge < -0.3 is 33.8 Å². The third kappa shape index (κ3) is 83.8. The minimum atomic E-state index is -4.97. The Morgan fingerprint density at radius 1 is 0.248 bits per heavy atom. The molecule has 109 heavy (non-hydrogen) atoms. The molecule has 5 atom stereocenters. The fourth-order valence-electron chi connectivity index (χ4n) is 14.1. The number of aliphatic hydroxyl groups is 1. The molecule has 0 aromatic carbocycles. The summed E-state index contributed by atoms with van der Waals surface area (Å²) in [5, 5.41) is 10.7. The van der Waals surface area contributed by atoms with Crippen LogP contribution in [0.1, 0.15) is 485 Å². The summed E-state index contributed by atoms with van der Waals surface area (Å²) in [7, 11) is -9.93. The molecule has 0 rings (SSSR count). The van der Waals surface area contributed by atoms with Gasteiger partial charge in [-0.05, 0) is 37.5 Å². The molecule has 19 heteroatoms. The van der Waals surface area contributed by atoms with Crippen molar-refractivity contribution in [3.63, 3.8) is 0 Å². The number of phosphoric ester groups is 2. The summed E-state index contributed by atoms with van der Waals surface area (Å²) < 4.78 is 69.1. The van der Waals surface area contributed by atoms with Crippen molar-refractivity contribution < 1.29 is 80.2 Å². The number of hydrogen-bond donors (Lipinski definition) is 3. The lowest BCUT2D eigenvalue weighted by Crippen LogP contribution is -2.30. The van der Waals surface area contributed by atoms with Gasteiger partial charge in [-0.1, -0.05) is 433 Å². The Kier molecular flexibility index (Phi) is 79.8. The Balaban J connectivity index is 5.25. The summed E-state index contributed by atoms with van der Waals surface area (Å²) in [4.78, 5) is 73.4. The van der Waals surface area contributed by atoms with E-state index >= 15 is 0 Å². The predicted octanol–water partition coefficient (Wildman–Crippen LogP) is 27.8. The van der Waals surface area contributed by atoms with Crippen molar-refractivity contribution >= 4 is 39.5 Å². The smallest absolute Gasteiger partial charge is 0.462 e. The van der Waals surface area contributed by atoms with Crippen LogP contribution in [0.15, 0.2) is 0 Å². The van der Waals surface area contributed by atoms with Crippen molar-refractivity contribution in [1.29, 1.82) is 0 Å². The summed E-state index contributed by atoms with van der Waals surface area (Å²) >= 11 is 0. The molecule has 3 N–H and O–H groups in total. The number of phosphoric acid groups is 2. The van der Waals surface area contributed by atoms with Gasteiger partial charge in [-0.25, -0.2) is 9.13 Å². The van der Waals surface area contributed by atoms with Gasteiger partial charge in [-0.3, -0.25) is 37.3 Å². The van der Waals surface area contributed by atoms with E-state index in [-0.39, 0.29) is 25.7 Å². The van der Waals surface area contributed by atoms with Crippen LogP contribution in [0.25, 0.3) is 0 Å². The molecular formula is C90H176O17P2. The normalized spacial score (nSPS) is 13.8. The quantitative estimate of drug-likeness (QED) is 0.0222. The standard InChI is InChI=1S/C90H176O17P2/c1-7-9-11-13-15-17-19-21-22-23-24-25-26-27-32-38-44-50-56-62-68-74-89(94)107-86(79-101-88(93)73-67-61-55-49-43-37-31-29-28-30-35-40-46-52-58-64-70-82(3)4)81-105-109(98,99)103-77-84(91)76-102-108(96,97)104-80-85(78-100-87(92)72-66-60-54-48-42-20-18-16-14-12-10-8-2)106-90(95)75-69-63-57-51-45-39-34-33-36-41-47-53-59-65-71-83(5)6/h82-86,91H,7-81H2,1-6H3,(H,96,97)(H,98,99)/t84-,85+,86+/m0/s1. The first-order valence-electron chi connectivity index (χ1n) is 46.5. The van der Waals surface area contributed by atoms with Crippen LogP contribution in [0.4, 0.5) is 0 Å². The number of esters is 4. The monoisotopic (exact) mass is 1590 g/mol. The maximum Gasteiger partial charge on any atom is 0.472 e. The van der Waals surface area contributed by atoms with E-state index in [1.165, 1.54) is 302 Å². The highest BCUT2D eigenvalue weighted by atomic mass is 31.2. The molecule has 0 saturated carbocycles. The van der Waals surface area contributed by atoms with Crippen molar-refractivity contribution in [3.8, 4) is 0 Å². The summed E-state index contributed by atoms with van der Waals surface area (Å²) in [6.45, 7) is 9.75. The summed E-state index contributed by atoms with van der Waals surface area (Å²) in [6.07, 6.45) is 75.0. The van der Waals surface area contributed by atoms with E-state index in [9.17, 15) is 43.2 Å². The third-order valence-corrected chi connectivity index (χ3v) is 23.1. The molecule has 0 saturated heterocycles. The zero-order chi connectivity index (χ0) is 79.9. The zero-order valence-electron chi connectivity index (χ0n) is 71.9. The lowest BCUT2D eigenvalue weighted by molar-refractivity contribution is -0.161. The van der Waals surface area contributed by atoms with Gasteiger partial charge in [0.05, 0.1) is 26.4 Å². The minimum absolute atomic E-state index is 0.108. The average molecular weight is 1590 g/mol. The molecule has 0 amide bonds. The van der Waals surface area contributed by atoms with Crippen LogP contribution in [0, 0.1) is 11.8 Å². The molecule has 0 aromatic heterocycles. The first-order chi connectivity index (χ1) is 52.9. The number of carbonyl (C=O) groups excluding carboxylic acids is 4. The van der Waals surface area contributed by atoms with Crippen molar-refractivity contribution in [2.45, 2.75) is 503 Å². The van der Waals surface area contributed by atoms with Crippen molar-refractivity contribution in [1.82, 2.24) is 0 Å². The van der Waals surface area contributed by atoms with Gasteiger partial charge in [-0.2, -0.15) is 0 Å². The van der Waals surface area contributed by atoms with E-state index in [0.29, 0.717) is 25.7 Å². The van der Waals surface area contributed by atoms with Crippen LogP contribution in [0.5, 0.6) is 0 Å². The van der Waals surface area contributed by atoms with Crippen LogP contribution in [-0.2, 0) is 65.4 Å². The van der Waals surface area contributed by atoms with Crippen molar-refractivity contribution in [2.75, 3.05) is 39.6 Å². The molecule has 0 aliphatic rings. The molecule has 0 radical (unpaired) electrons. The second kappa shape index (κ2) is 81.2. The zero-order valence-corrected chi connectivity index (χ0v) is 73.7. The molecule has 0 aliphatic carbocycles. The van der Waals surface area contributed by atoms with Gasteiger partial charge in [0.15, 0.2) is 12.2 Å². The van der Waals surface area contributed by atoms with E-state index in [4.69, 9.17) is 37.0 Å². The topological polar surface area (TPSA) is 237 Å². The van der Waals surface area contributed by atoms with Crippen LogP contribution < -0.4 is 0 Å². The largest absolute Gasteiger partial charge is 0.472 e. The molecular weight excluding hydrogens is 1410 g/mol. The Bertz CT molecular complexity index is 2080. The minimum Gasteiger partial charge on any atom is -0.462 e. The van der Waals surface area contributed by atoms with Crippen LogP contribution in [0.3, 0.4) is 0 Å². The van der Waals surface area contributed by atoms with Crippen molar-refractivity contribution in [3.05, 3.63) is 0 Å². The number of rotatable bonds is 89. The highest BCUT2D eigenvalue weighted by molar-refractivity contribution is 7.47. The molecule has 0 aromatic rings. The SMILES string of the molecule is CCCCCCCCCCCCCCCCCCCCCCCC(=O)O[C@H](COC(=O)CCCCCCCCCCCCCCCCCCC(C)C)COP(=O)(O)OC[C@@H](O)COP(=O)(O)OC[C@@H](COC(=O)CCCCCCCCCCCCCC)OC(=O)CCCCCCCCCCCCCCCCC(C)C. The second-order valence-corrected chi connectivity index (χ2v) is 36.2. The summed E-state index contributed by atoms with van der Waals surface area (Å²) in [6, 6.07) is 0. The van der Waals surface area contributed by atoms with Crippen molar-refractivity contribution in [2.24, 2.45) is 11.8 Å². The van der Waals surface area contributed by atoms with E-state index in [1.807, 2.05) is 0 Å². The highest BCUT2D eigenvalue weighted by Gasteiger charge is 2.31. The number of carbonyl (C=O) groups is 4. The Labute approximate surface area is 670 Å². The number of hydrogen-bond acceptors (Lipinski definition) is 15. The van der Waals surface area contributed by atoms with E-state index < -0.39 is 97.5 Å². The maximum absolute atomic E-state index is 13.2.